The van der Waals surface area contributed by atoms with E-state index in [-0.39, 0.29) is 13.0 Å². The Kier molecular flexibility index (Phi) is 3.53. The summed E-state index contributed by atoms with van der Waals surface area (Å²) >= 11 is 0. The van der Waals surface area contributed by atoms with Crippen LogP contribution in [0.4, 0.5) is 0 Å². The van der Waals surface area contributed by atoms with E-state index in [1.54, 1.807) is 13.1 Å². The molecule has 3 unspecified atom stereocenters. The first kappa shape index (κ1) is 13.9. The average Bonchev–Trinajstić information content (AvgIpc) is 3.10. The fourth-order valence-corrected chi connectivity index (χ4v) is 2.36. The predicted molar refractivity (Wildman–Crippen MR) is 69.8 cm³/mol. The third kappa shape index (κ3) is 2.46. The zero-order valence-electron chi connectivity index (χ0n) is 11.3. The highest BCUT2D eigenvalue weighted by Crippen LogP contribution is 2.27. The average molecular weight is 293 g/mol. The predicted octanol–water partition coefficient (Wildman–Crippen LogP) is -1.23. The summed E-state index contributed by atoms with van der Waals surface area (Å²) in [5, 5.41) is 22.8. The maximum absolute atomic E-state index is 12.1. The maximum Gasteiger partial charge on any atom is 0.351 e. The monoisotopic (exact) mass is 293 g/mol. The molecule has 0 spiro atoms. The lowest BCUT2D eigenvalue weighted by atomic mass is 10.2. The minimum absolute atomic E-state index is 0.231. The third-order valence-corrected chi connectivity index (χ3v) is 3.44. The Morgan fingerprint density at radius 3 is 2.95 bits per heavy atom. The van der Waals surface area contributed by atoms with Crippen molar-refractivity contribution in [1.82, 2.24) is 24.3 Å². The van der Waals surface area contributed by atoms with E-state index in [1.807, 2.05) is 0 Å². The second kappa shape index (κ2) is 5.35. The second-order valence-electron chi connectivity index (χ2n) is 4.89. The summed E-state index contributed by atoms with van der Waals surface area (Å²) < 4.78 is 8.18. The van der Waals surface area contributed by atoms with Crippen LogP contribution in [0.25, 0.3) is 5.82 Å². The summed E-state index contributed by atoms with van der Waals surface area (Å²) in [6.45, 7) is 1.49. The number of aromatic nitrogens is 5. The minimum Gasteiger partial charge on any atom is -0.394 e. The number of aliphatic hydroxyl groups is 2. The van der Waals surface area contributed by atoms with Crippen LogP contribution in [0.3, 0.4) is 0 Å². The van der Waals surface area contributed by atoms with E-state index in [0.29, 0.717) is 11.4 Å². The first-order valence-electron chi connectivity index (χ1n) is 6.49. The van der Waals surface area contributed by atoms with Gasteiger partial charge in [0.05, 0.1) is 12.7 Å². The molecular weight excluding hydrogens is 278 g/mol. The van der Waals surface area contributed by atoms with E-state index in [4.69, 9.17) is 9.84 Å². The molecule has 0 bridgehead atoms. The Labute approximate surface area is 119 Å². The first-order valence-corrected chi connectivity index (χ1v) is 6.49. The molecule has 1 aliphatic heterocycles. The molecule has 3 rings (SSSR count). The largest absolute Gasteiger partial charge is 0.394 e. The number of nitrogens with zero attached hydrogens (tertiary/aromatic N) is 5. The lowest BCUT2D eigenvalue weighted by Crippen LogP contribution is -2.29. The summed E-state index contributed by atoms with van der Waals surface area (Å²) in [6, 6.07) is 0. The molecule has 1 fully saturated rings. The van der Waals surface area contributed by atoms with Crippen LogP contribution in [0.15, 0.2) is 23.6 Å². The summed E-state index contributed by atoms with van der Waals surface area (Å²) in [5.41, 5.74) is 0.201. The van der Waals surface area contributed by atoms with Gasteiger partial charge in [0.25, 0.3) is 0 Å². The molecule has 9 heteroatoms. The molecule has 112 valence electrons. The van der Waals surface area contributed by atoms with Crippen molar-refractivity contribution in [2.75, 3.05) is 6.61 Å². The fourth-order valence-electron chi connectivity index (χ4n) is 2.36. The maximum atomic E-state index is 12.1. The van der Waals surface area contributed by atoms with E-state index >= 15 is 0 Å². The molecule has 3 heterocycles. The molecule has 9 nitrogen and oxygen atoms in total. The molecule has 3 atom stereocenters. The quantitative estimate of drug-likeness (QED) is 0.728. The highest BCUT2D eigenvalue weighted by Gasteiger charge is 2.35. The Bertz CT molecular complexity index is 683. The molecule has 0 saturated carbocycles. The van der Waals surface area contributed by atoms with Gasteiger partial charge in [0.2, 0.25) is 0 Å². The number of ether oxygens (including phenoxy) is 1. The number of aryl methyl sites for hydroxylation is 1. The van der Waals surface area contributed by atoms with Crippen LogP contribution >= 0.6 is 0 Å². The minimum atomic E-state index is -0.804. The SMILES string of the molecule is Cc1cn(C2CC(O)C(CO)O2)c(=O)nc1-n1cncn1. The molecule has 21 heavy (non-hydrogen) atoms. The van der Waals surface area contributed by atoms with E-state index in [9.17, 15) is 9.90 Å². The Morgan fingerprint density at radius 2 is 2.33 bits per heavy atom. The van der Waals surface area contributed by atoms with Gasteiger partial charge in [0.1, 0.15) is 25.0 Å². The van der Waals surface area contributed by atoms with Gasteiger partial charge >= 0.3 is 5.69 Å². The molecule has 1 aliphatic rings. The van der Waals surface area contributed by atoms with Crippen molar-refractivity contribution in [2.24, 2.45) is 0 Å². The molecule has 0 aliphatic carbocycles. The number of rotatable bonds is 3. The molecule has 2 aromatic rings. The summed E-state index contributed by atoms with van der Waals surface area (Å²) in [7, 11) is 0. The highest BCUT2D eigenvalue weighted by atomic mass is 16.5. The normalized spacial score (nSPS) is 25.4. The van der Waals surface area contributed by atoms with E-state index in [0.717, 1.165) is 0 Å². The van der Waals surface area contributed by atoms with Crippen molar-refractivity contribution in [3.8, 4) is 5.82 Å². The van der Waals surface area contributed by atoms with Crippen molar-refractivity contribution in [2.45, 2.75) is 31.8 Å². The molecule has 0 radical (unpaired) electrons. The van der Waals surface area contributed by atoms with Crippen molar-refractivity contribution >= 4 is 0 Å². The van der Waals surface area contributed by atoms with Gasteiger partial charge in [0.15, 0.2) is 5.82 Å². The zero-order chi connectivity index (χ0) is 15.0. The van der Waals surface area contributed by atoms with Gasteiger partial charge in [-0.2, -0.15) is 10.1 Å². The van der Waals surface area contributed by atoms with Gasteiger partial charge in [-0.1, -0.05) is 0 Å². The lowest BCUT2D eigenvalue weighted by molar-refractivity contribution is -0.0459. The summed E-state index contributed by atoms with van der Waals surface area (Å²) in [5.74, 6) is 0.394. The van der Waals surface area contributed by atoms with Crippen molar-refractivity contribution in [1.29, 1.82) is 0 Å². The fraction of sp³-hybridized carbons (Fsp3) is 0.500. The molecule has 1 saturated heterocycles. The van der Waals surface area contributed by atoms with Crippen LogP contribution in [0.1, 0.15) is 18.2 Å². The molecule has 0 amide bonds. The van der Waals surface area contributed by atoms with Crippen LogP contribution in [-0.4, -0.2) is 53.3 Å². The van der Waals surface area contributed by atoms with Gasteiger partial charge < -0.3 is 14.9 Å². The van der Waals surface area contributed by atoms with E-state index in [2.05, 4.69) is 15.1 Å². The topological polar surface area (TPSA) is 115 Å². The van der Waals surface area contributed by atoms with Crippen LogP contribution in [0.2, 0.25) is 0 Å². The van der Waals surface area contributed by atoms with Gasteiger partial charge in [-0.3, -0.25) is 4.57 Å². The molecule has 2 N–H and O–H groups in total. The number of aliphatic hydroxyl groups excluding tert-OH is 2. The van der Waals surface area contributed by atoms with Crippen LogP contribution in [0.5, 0.6) is 0 Å². The molecular formula is C12H15N5O4. The summed E-state index contributed by atoms with van der Waals surface area (Å²) in [4.78, 5) is 19.9. The van der Waals surface area contributed by atoms with Crippen LogP contribution in [0, 0.1) is 6.92 Å². The van der Waals surface area contributed by atoms with Gasteiger partial charge in [-0.05, 0) is 6.92 Å². The van der Waals surface area contributed by atoms with Gasteiger partial charge in [0, 0.05) is 18.2 Å². The number of hydrogen-bond acceptors (Lipinski definition) is 7. The number of hydrogen-bond donors (Lipinski definition) is 2. The Balaban J connectivity index is 1.95. The zero-order valence-corrected chi connectivity index (χ0v) is 11.3. The van der Waals surface area contributed by atoms with E-state index in [1.165, 1.54) is 21.9 Å². The standard InChI is InChI=1S/C12H15N5O4/c1-7-3-16(10-2-8(19)9(4-18)21-10)12(20)15-11(7)17-6-13-5-14-17/h3,5-6,8-10,18-19H,2,4H2,1H3. The smallest absolute Gasteiger partial charge is 0.351 e. The first-order chi connectivity index (χ1) is 10.1. The highest BCUT2D eigenvalue weighted by molar-refractivity contribution is 5.28. The Morgan fingerprint density at radius 1 is 1.52 bits per heavy atom. The second-order valence-corrected chi connectivity index (χ2v) is 4.89. The molecule has 2 aromatic heterocycles. The van der Waals surface area contributed by atoms with Crippen LogP contribution < -0.4 is 5.69 Å². The molecule has 0 aromatic carbocycles. The van der Waals surface area contributed by atoms with Gasteiger partial charge in [-0.15, -0.1) is 0 Å². The van der Waals surface area contributed by atoms with E-state index < -0.39 is 24.1 Å². The van der Waals surface area contributed by atoms with Gasteiger partial charge in [-0.25, -0.2) is 14.5 Å². The Hall–Kier alpha value is -2.10. The lowest BCUT2D eigenvalue weighted by Gasteiger charge is -2.15. The van der Waals surface area contributed by atoms with Crippen molar-refractivity contribution < 1.29 is 14.9 Å². The third-order valence-electron chi connectivity index (χ3n) is 3.44. The van der Waals surface area contributed by atoms with Crippen LogP contribution in [-0.2, 0) is 4.74 Å². The van der Waals surface area contributed by atoms with Crippen molar-refractivity contribution in [3.63, 3.8) is 0 Å². The summed E-state index contributed by atoms with van der Waals surface area (Å²) in [6.07, 6.45) is 2.52. The van der Waals surface area contributed by atoms with Crippen molar-refractivity contribution in [3.05, 3.63) is 34.9 Å².